The van der Waals surface area contributed by atoms with E-state index in [1.54, 1.807) is 6.07 Å². The standard InChI is InChI=1S/C14H20N2O3/c17-14(18)13-11(4-6-19-13)8-15-7-10-3-5-16(9-10)12-1-2-12/h4,6,10,12,15H,1-3,5,7-9H2,(H,17,18). The van der Waals surface area contributed by atoms with Gasteiger partial charge >= 0.3 is 5.97 Å². The number of hydrogen-bond donors (Lipinski definition) is 2. The maximum Gasteiger partial charge on any atom is 0.372 e. The van der Waals surface area contributed by atoms with E-state index in [4.69, 9.17) is 9.52 Å². The Morgan fingerprint density at radius 2 is 2.32 bits per heavy atom. The Balaban J connectivity index is 1.43. The average Bonchev–Trinajstić information content (AvgIpc) is 2.95. The van der Waals surface area contributed by atoms with Crippen LogP contribution in [-0.2, 0) is 6.54 Å². The molecule has 1 atom stereocenters. The van der Waals surface area contributed by atoms with Crippen molar-refractivity contribution in [2.24, 2.45) is 5.92 Å². The van der Waals surface area contributed by atoms with Crippen LogP contribution in [0.4, 0.5) is 0 Å². The van der Waals surface area contributed by atoms with Crippen molar-refractivity contribution in [3.8, 4) is 0 Å². The highest BCUT2D eigenvalue weighted by Crippen LogP contribution is 2.31. The van der Waals surface area contributed by atoms with Crippen molar-refractivity contribution >= 4 is 5.97 Å². The van der Waals surface area contributed by atoms with Crippen LogP contribution >= 0.6 is 0 Å². The summed E-state index contributed by atoms with van der Waals surface area (Å²) in [6.07, 6.45) is 5.43. The molecule has 104 valence electrons. The van der Waals surface area contributed by atoms with Gasteiger partial charge in [-0.3, -0.25) is 0 Å². The van der Waals surface area contributed by atoms with E-state index in [0.29, 0.717) is 12.5 Å². The van der Waals surface area contributed by atoms with Crippen LogP contribution in [0.25, 0.3) is 0 Å². The van der Waals surface area contributed by atoms with Gasteiger partial charge in [-0.1, -0.05) is 0 Å². The number of rotatable bonds is 6. The summed E-state index contributed by atoms with van der Waals surface area (Å²) in [4.78, 5) is 13.5. The van der Waals surface area contributed by atoms with E-state index in [9.17, 15) is 4.79 Å². The van der Waals surface area contributed by atoms with Gasteiger partial charge in [0.2, 0.25) is 5.76 Å². The molecule has 5 heteroatoms. The molecule has 1 aromatic heterocycles. The van der Waals surface area contributed by atoms with Crippen molar-refractivity contribution in [2.45, 2.75) is 31.8 Å². The summed E-state index contributed by atoms with van der Waals surface area (Å²) in [5.41, 5.74) is 0.726. The third-order valence-electron chi connectivity index (χ3n) is 4.07. The molecule has 3 rings (SSSR count). The van der Waals surface area contributed by atoms with Crippen molar-refractivity contribution in [2.75, 3.05) is 19.6 Å². The van der Waals surface area contributed by atoms with E-state index >= 15 is 0 Å². The highest BCUT2D eigenvalue weighted by Gasteiger charge is 2.34. The summed E-state index contributed by atoms with van der Waals surface area (Å²) in [5.74, 6) is -0.248. The van der Waals surface area contributed by atoms with Crippen LogP contribution in [0.2, 0.25) is 0 Å². The smallest absolute Gasteiger partial charge is 0.372 e. The predicted molar refractivity (Wildman–Crippen MR) is 70.1 cm³/mol. The predicted octanol–water partition coefficient (Wildman–Crippen LogP) is 1.55. The number of likely N-dealkylation sites (tertiary alicyclic amines) is 1. The zero-order chi connectivity index (χ0) is 13.2. The molecule has 5 nitrogen and oxygen atoms in total. The molecule has 2 heterocycles. The van der Waals surface area contributed by atoms with E-state index in [1.807, 2.05) is 0 Å². The minimum atomic E-state index is -0.998. The number of carbonyl (C=O) groups is 1. The lowest BCUT2D eigenvalue weighted by molar-refractivity contribution is 0.0660. The van der Waals surface area contributed by atoms with Gasteiger partial charge in [0.25, 0.3) is 0 Å². The number of nitrogens with zero attached hydrogens (tertiary/aromatic N) is 1. The van der Waals surface area contributed by atoms with Crippen molar-refractivity contribution in [1.29, 1.82) is 0 Å². The van der Waals surface area contributed by atoms with E-state index in [2.05, 4.69) is 10.2 Å². The van der Waals surface area contributed by atoms with Crippen LogP contribution in [0, 0.1) is 5.92 Å². The Morgan fingerprint density at radius 1 is 1.47 bits per heavy atom. The lowest BCUT2D eigenvalue weighted by atomic mass is 10.1. The maximum absolute atomic E-state index is 10.9. The maximum atomic E-state index is 10.9. The second-order valence-electron chi connectivity index (χ2n) is 5.59. The van der Waals surface area contributed by atoms with Crippen LogP contribution in [0.1, 0.15) is 35.4 Å². The molecule has 19 heavy (non-hydrogen) atoms. The van der Waals surface area contributed by atoms with Crippen molar-refractivity contribution in [1.82, 2.24) is 10.2 Å². The highest BCUT2D eigenvalue weighted by atomic mass is 16.4. The zero-order valence-corrected chi connectivity index (χ0v) is 11.0. The molecule has 1 saturated carbocycles. The second kappa shape index (κ2) is 5.35. The fraction of sp³-hybridized carbons (Fsp3) is 0.643. The van der Waals surface area contributed by atoms with Gasteiger partial charge in [0.1, 0.15) is 0 Å². The Bertz CT molecular complexity index is 453. The lowest BCUT2D eigenvalue weighted by Crippen LogP contribution is -2.27. The van der Waals surface area contributed by atoms with Gasteiger partial charge in [-0.05, 0) is 44.3 Å². The van der Waals surface area contributed by atoms with Gasteiger partial charge in [0, 0.05) is 24.7 Å². The molecule has 2 aliphatic rings. The van der Waals surface area contributed by atoms with Gasteiger partial charge in [0.05, 0.1) is 6.26 Å². The molecular formula is C14H20N2O3. The molecule has 1 aliphatic carbocycles. The van der Waals surface area contributed by atoms with E-state index in [-0.39, 0.29) is 5.76 Å². The number of furan rings is 1. The summed E-state index contributed by atoms with van der Waals surface area (Å²) in [7, 11) is 0. The highest BCUT2D eigenvalue weighted by molar-refractivity contribution is 5.86. The first-order valence-corrected chi connectivity index (χ1v) is 6.98. The van der Waals surface area contributed by atoms with E-state index < -0.39 is 5.97 Å². The minimum absolute atomic E-state index is 0.0542. The summed E-state index contributed by atoms with van der Waals surface area (Å²) >= 11 is 0. The molecule has 1 aliphatic heterocycles. The molecule has 1 unspecified atom stereocenters. The molecule has 1 saturated heterocycles. The van der Waals surface area contributed by atoms with Crippen molar-refractivity contribution in [3.63, 3.8) is 0 Å². The molecule has 1 aromatic rings. The molecule has 2 N–H and O–H groups in total. The van der Waals surface area contributed by atoms with E-state index in [0.717, 1.165) is 18.2 Å². The number of nitrogens with one attached hydrogen (secondary N) is 1. The minimum Gasteiger partial charge on any atom is -0.475 e. The average molecular weight is 264 g/mol. The Morgan fingerprint density at radius 3 is 3.05 bits per heavy atom. The van der Waals surface area contributed by atoms with Crippen LogP contribution in [0.5, 0.6) is 0 Å². The van der Waals surface area contributed by atoms with Gasteiger partial charge in [-0.15, -0.1) is 0 Å². The zero-order valence-electron chi connectivity index (χ0n) is 11.0. The number of aromatic carboxylic acids is 1. The normalized spacial score (nSPS) is 23.9. The summed E-state index contributed by atoms with van der Waals surface area (Å²) in [6, 6.07) is 2.58. The number of hydrogen-bond acceptors (Lipinski definition) is 4. The van der Waals surface area contributed by atoms with Crippen LogP contribution in [-0.4, -0.2) is 41.7 Å². The Labute approximate surface area is 112 Å². The number of carboxylic acid groups (broad SMARTS) is 1. The second-order valence-corrected chi connectivity index (χ2v) is 5.59. The van der Waals surface area contributed by atoms with Gasteiger partial charge in [0.15, 0.2) is 0 Å². The summed E-state index contributed by atoms with van der Waals surface area (Å²) < 4.78 is 4.96. The van der Waals surface area contributed by atoms with Crippen molar-refractivity contribution in [3.05, 3.63) is 23.7 Å². The molecule has 0 radical (unpaired) electrons. The van der Waals surface area contributed by atoms with Crippen LogP contribution in [0.3, 0.4) is 0 Å². The van der Waals surface area contributed by atoms with Crippen molar-refractivity contribution < 1.29 is 14.3 Å². The molecule has 0 aromatic carbocycles. The molecule has 2 fully saturated rings. The fourth-order valence-electron chi connectivity index (χ4n) is 2.87. The molecule has 0 spiro atoms. The Kier molecular flexibility index (Phi) is 3.57. The quantitative estimate of drug-likeness (QED) is 0.816. The van der Waals surface area contributed by atoms with Crippen LogP contribution < -0.4 is 5.32 Å². The van der Waals surface area contributed by atoms with Gasteiger partial charge in [-0.25, -0.2) is 4.79 Å². The third kappa shape index (κ3) is 2.98. The van der Waals surface area contributed by atoms with Crippen LogP contribution in [0.15, 0.2) is 16.7 Å². The molecule has 0 bridgehead atoms. The monoisotopic (exact) mass is 264 g/mol. The summed E-state index contributed by atoms with van der Waals surface area (Å²) in [6.45, 7) is 3.93. The lowest BCUT2D eigenvalue weighted by Gasteiger charge is -2.15. The summed E-state index contributed by atoms with van der Waals surface area (Å²) in [5, 5.41) is 12.3. The first kappa shape index (κ1) is 12.7. The van der Waals surface area contributed by atoms with E-state index in [1.165, 1.54) is 38.6 Å². The molecule has 0 amide bonds. The molecular weight excluding hydrogens is 244 g/mol. The topological polar surface area (TPSA) is 65.7 Å². The van der Waals surface area contributed by atoms with Gasteiger partial charge in [-0.2, -0.15) is 0 Å². The number of carboxylic acids is 1. The first-order chi connectivity index (χ1) is 9.24. The van der Waals surface area contributed by atoms with Gasteiger partial charge < -0.3 is 19.7 Å². The first-order valence-electron chi connectivity index (χ1n) is 6.98. The fourth-order valence-corrected chi connectivity index (χ4v) is 2.87. The SMILES string of the molecule is O=C(O)c1occc1CNCC1CCN(C2CC2)C1. The Hall–Kier alpha value is -1.33. The third-order valence-corrected chi connectivity index (χ3v) is 4.07. The largest absolute Gasteiger partial charge is 0.475 e.